The fourth-order valence-corrected chi connectivity index (χ4v) is 2.82. The molecule has 22 heavy (non-hydrogen) atoms. The molecule has 0 bridgehead atoms. The number of amides is 1. The van der Waals surface area contributed by atoms with Crippen molar-refractivity contribution in [3.63, 3.8) is 0 Å². The lowest BCUT2D eigenvalue weighted by Crippen LogP contribution is -2.12. The largest absolute Gasteiger partial charge is 0.429 e. The molecule has 110 valence electrons. The van der Waals surface area contributed by atoms with E-state index >= 15 is 0 Å². The number of carbonyl (C=O) groups is 1. The van der Waals surface area contributed by atoms with Crippen molar-refractivity contribution in [2.24, 2.45) is 5.73 Å². The fraction of sp³-hybridized carbons (Fsp3) is 0. The minimum atomic E-state index is -0.623. The summed E-state index contributed by atoms with van der Waals surface area (Å²) in [6, 6.07) is 16.5. The average Bonchev–Trinajstić information content (AvgIpc) is 2.95. The van der Waals surface area contributed by atoms with E-state index in [2.05, 4.69) is 4.98 Å². The summed E-state index contributed by atoms with van der Waals surface area (Å²) in [5, 5.41) is 1.01. The number of aromatic nitrogens is 1. The predicted molar refractivity (Wildman–Crippen MR) is 86.0 cm³/mol. The van der Waals surface area contributed by atoms with Gasteiger partial charge in [0.05, 0.1) is 0 Å². The van der Waals surface area contributed by atoms with Crippen molar-refractivity contribution in [3.8, 4) is 11.5 Å². The molecule has 0 radical (unpaired) electrons. The lowest BCUT2D eigenvalue weighted by Gasteiger charge is -1.99. The first kappa shape index (κ1) is 14.7. The first-order chi connectivity index (χ1) is 10.6. The highest BCUT2D eigenvalue weighted by atomic mass is 35.5. The normalized spacial score (nSPS) is 10.6. The highest BCUT2D eigenvalue weighted by Crippen LogP contribution is 2.34. The van der Waals surface area contributed by atoms with Gasteiger partial charge in [0, 0.05) is 15.5 Å². The summed E-state index contributed by atoms with van der Waals surface area (Å²) in [5.74, 6) is -0.256. The smallest absolute Gasteiger partial charge is 0.271 e. The van der Waals surface area contributed by atoms with E-state index in [0.29, 0.717) is 16.0 Å². The van der Waals surface area contributed by atoms with Crippen molar-refractivity contribution in [1.29, 1.82) is 0 Å². The molecule has 0 aliphatic heterocycles. The Kier molecular flexibility index (Phi) is 4.18. The molecule has 0 saturated carbocycles. The van der Waals surface area contributed by atoms with Crippen LogP contribution in [0.5, 0.6) is 0 Å². The molecule has 0 unspecified atom stereocenters. The van der Waals surface area contributed by atoms with Crippen molar-refractivity contribution in [1.82, 2.24) is 4.98 Å². The summed E-state index contributed by atoms with van der Waals surface area (Å²) in [7, 11) is 0. The molecule has 2 N–H and O–H groups in total. The highest BCUT2D eigenvalue weighted by molar-refractivity contribution is 7.99. The lowest BCUT2D eigenvalue weighted by atomic mass is 10.2. The Balaban J connectivity index is 1.97. The molecule has 0 aliphatic rings. The monoisotopic (exact) mass is 330 g/mol. The van der Waals surface area contributed by atoms with Crippen LogP contribution in [0.4, 0.5) is 0 Å². The third kappa shape index (κ3) is 3.16. The molecule has 0 atom stereocenters. The minimum Gasteiger partial charge on any atom is -0.429 e. The van der Waals surface area contributed by atoms with Gasteiger partial charge in [0.15, 0.2) is 10.8 Å². The van der Waals surface area contributed by atoms with Crippen molar-refractivity contribution >= 4 is 29.3 Å². The Morgan fingerprint density at radius 2 is 1.77 bits per heavy atom. The Morgan fingerprint density at radius 3 is 2.41 bits per heavy atom. The number of hydrogen-bond donors (Lipinski definition) is 1. The molecule has 1 heterocycles. The number of oxazole rings is 1. The van der Waals surface area contributed by atoms with Gasteiger partial charge < -0.3 is 10.2 Å². The van der Waals surface area contributed by atoms with E-state index in [4.69, 9.17) is 21.8 Å². The Morgan fingerprint density at radius 1 is 1.09 bits per heavy atom. The van der Waals surface area contributed by atoms with Gasteiger partial charge in [-0.15, -0.1) is 0 Å². The van der Waals surface area contributed by atoms with Crippen LogP contribution in [0.3, 0.4) is 0 Å². The van der Waals surface area contributed by atoms with E-state index in [9.17, 15) is 4.79 Å². The van der Waals surface area contributed by atoms with Crippen LogP contribution in [0.25, 0.3) is 11.5 Å². The zero-order valence-electron chi connectivity index (χ0n) is 11.3. The van der Waals surface area contributed by atoms with Gasteiger partial charge in [-0.3, -0.25) is 4.79 Å². The van der Waals surface area contributed by atoms with Gasteiger partial charge in [-0.25, -0.2) is 4.98 Å². The summed E-state index contributed by atoms with van der Waals surface area (Å²) in [5.41, 5.74) is 6.30. The maximum absolute atomic E-state index is 11.6. The number of nitrogens with zero attached hydrogens (tertiary/aromatic N) is 1. The highest BCUT2D eigenvalue weighted by Gasteiger charge is 2.19. The molecule has 0 aliphatic carbocycles. The Bertz CT molecular complexity index is 801. The second-order valence-electron chi connectivity index (χ2n) is 4.44. The van der Waals surface area contributed by atoms with Gasteiger partial charge in [-0.1, -0.05) is 29.8 Å². The first-order valence-electron chi connectivity index (χ1n) is 6.43. The molecule has 2 aromatic carbocycles. The van der Waals surface area contributed by atoms with E-state index in [1.54, 1.807) is 12.1 Å². The topological polar surface area (TPSA) is 69.1 Å². The van der Waals surface area contributed by atoms with Crippen LogP contribution >= 0.6 is 23.4 Å². The van der Waals surface area contributed by atoms with E-state index in [0.717, 1.165) is 10.5 Å². The van der Waals surface area contributed by atoms with Gasteiger partial charge in [0.2, 0.25) is 5.89 Å². The maximum atomic E-state index is 11.6. The van der Waals surface area contributed by atoms with Gasteiger partial charge in [-0.2, -0.15) is 0 Å². The minimum absolute atomic E-state index is 0.124. The van der Waals surface area contributed by atoms with Crippen LogP contribution in [-0.4, -0.2) is 10.9 Å². The van der Waals surface area contributed by atoms with E-state index < -0.39 is 5.91 Å². The van der Waals surface area contributed by atoms with Gasteiger partial charge in [-0.05, 0) is 48.2 Å². The van der Waals surface area contributed by atoms with E-state index in [-0.39, 0.29) is 5.69 Å². The molecule has 3 aromatic rings. The summed E-state index contributed by atoms with van der Waals surface area (Å²) >= 11 is 7.14. The zero-order chi connectivity index (χ0) is 15.5. The molecule has 0 spiro atoms. The Labute approximate surface area is 136 Å². The van der Waals surface area contributed by atoms with Crippen LogP contribution in [0.2, 0.25) is 5.02 Å². The number of nitrogens with two attached hydrogens (primary N) is 1. The number of hydrogen-bond acceptors (Lipinski definition) is 4. The van der Waals surface area contributed by atoms with Crippen LogP contribution in [0.1, 0.15) is 10.5 Å². The number of halogens is 1. The van der Waals surface area contributed by atoms with Gasteiger partial charge in [0.1, 0.15) is 0 Å². The number of rotatable bonds is 4. The molecule has 4 nitrogen and oxygen atoms in total. The van der Waals surface area contributed by atoms with Crippen LogP contribution < -0.4 is 5.73 Å². The predicted octanol–water partition coefficient (Wildman–Crippen LogP) is 4.25. The molecule has 1 aromatic heterocycles. The van der Waals surface area contributed by atoms with Gasteiger partial charge >= 0.3 is 0 Å². The molecular formula is C16H11ClN2O2S. The fourth-order valence-electron chi connectivity index (χ4n) is 1.84. The van der Waals surface area contributed by atoms with E-state index in [1.165, 1.54) is 11.8 Å². The number of primary amides is 1. The van der Waals surface area contributed by atoms with E-state index in [1.807, 2.05) is 42.5 Å². The van der Waals surface area contributed by atoms with Crippen molar-refractivity contribution in [2.45, 2.75) is 9.99 Å². The van der Waals surface area contributed by atoms with Gasteiger partial charge in [0.25, 0.3) is 5.91 Å². The standard InChI is InChI=1S/C16H11ClN2O2S/c17-11-6-8-12(9-7-11)22-16-13(14(18)20)19-15(21-16)10-4-2-1-3-5-10/h1-9H,(H2,18,20). The van der Waals surface area contributed by atoms with Crippen LogP contribution in [-0.2, 0) is 0 Å². The molecule has 0 fully saturated rings. The second-order valence-corrected chi connectivity index (χ2v) is 5.92. The summed E-state index contributed by atoms with van der Waals surface area (Å²) in [6.45, 7) is 0. The lowest BCUT2D eigenvalue weighted by molar-refractivity contribution is 0.0991. The summed E-state index contributed by atoms with van der Waals surface area (Å²) in [6.07, 6.45) is 0. The third-order valence-corrected chi connectivity index (χ3v) is 4.10. The van der Waals surface area contributed by atoms with Crippen molar-refractivity contribution < 1.29 is 9.21 Å². The average molecular weight is 331 g/mol. The van der Waals surface area contributed by atoms with Crippen molar-refractivity contribution in [2.75, 3.05) is 0 Å². The molecule has 3 rings (SSSR count). The molecule has 0 saturated heterocycles. The molecule has 6 heteroatoms. The zero-order valence-corrected chi connectivity index (χ0v) is 12.9. The quantitative estimate of drug-likeness (QED) is 0.776. The first-order valence-corrected chi connectivity index (χ1v) is 7.62. The summed E-state index contributed by atoms with van der Waals surface area (Å²) < 4.78 is 5.71. The number of carbonyl (C=O) groups excluding carboxylic acids is 1. The maximum Gasteiger partial charge on any atom is 0.271 e. The molecular weight excluding hydrogens is 320 g/mol. The van der Waals surface area contributed by atoms with Crippen molar-refractivity contribution in [3.05, 3.63) is 65.3 Å². The van der Waals surface area contributed by atoms with Crippen LogP contribution in [0, 0.1) is 0 Å². The summed E-state index contributed by atoms with van der Waals surface area (Å²) in [4.78, 5) is 16.7. The Hall–Kier alpha value is -2.24. The molecule has 1 amide bonds. The second kappa shape index (κ2) is 6.25. The number of benzene rings is 2. The SMILES string of the molecule is NC(=O)c1nc(-c2ccccc2)oc1Sc1ccc(Cl)cc1. The van der Waals surface area contributed by atoms with Crippen LogP contribution in [0.15, 0.2) is 69.0 Å². The third-order valence-electron chi connectivity index (χ3n) is 2.87.